The minimum atomic E-state index is -1.05. The summed E-state index contributed by atoms with van der Waals surface area (Å²) in [7, 11) is 0. The molecule has 2 aromatic carbocycles. The first-order chi connectivity index (χ1) is 9.95. The molecule has 0 bridgehead atoms. The zero-order valence-electron chi connectivity index (χ0n) is 11.1. The average molecular weight is 351 g/mol. The molecule has 0 aliphatic carbocycles. The van der Waals surface area contributed by atoms with Crippen molar-refractivity contribution < 1.29 is 19.0 Å². The van der Waals surface area contributed by atoms with Crippen LogP contribution in [0.2, 0.25) is 0 Å². The Hall–Kier alpha value is -2.14. The fourth-order valence-electron chi connectivity index (χ4n) is 1.73. The van der Waals surface area contributed by atoms with Crippen molar-refractivity contribution in [3.05, 3.63) is 63.9 Å². The van der Waals surface area contributed by atoms with E-state index < -0.39 is 11.8 Å². The Morgan fingerprint density at radius 2 is 2.00 bits per heavy atom. The molecule has 108 valence electrons. The summed E-state index contributed by atoms with van der Waals surface area (Å²) < 4.78 is 19.6. The topological polar surface area (TPSA) is 46.5 Å². The minimum absolute atomic E-state index is 0.323. The van der Waals surface area contributed by atoms with E-state index in [-0.39, 0.29) is 0 Å². The van der Waals surface area contributed by atoms with Crippen LogP contribution in [-0.4, -0.2) is 11.1 Å². The Labute approximate surface area is 129 Å². The standard InChI is InChI=1S/C16H12BrFO3/c1-10-2-6-14(11(8-10)3-7-16(19)20)21-15-9-12(18)4-5-13(15)17/h2-9H,1H3,(H,19,20)/b7-3+. The van der Waals surface area contributed by atoms with Gasteiger partial charge in [0.25, 0.3) is 0 Å². The van der Waals surface area contributed by atoms with Crippen LogP contribution < -0.4 is 4.74 Å². The van der Waals surface area contributed by atoms with E-state index in [1.165, 1.54) is 18.2 Å². The van der Waals surface area contributed by atoms with Gasteiger partial charge in [0.15, 0.2) is 0 Å². The maximum absolute atomic E-state index is 13.3. The van der Waals surface area contributed by atoms with Crippen molar-refractivity contribution in [2.75, 3.05) is 0 Å². The molecule has 0 radical (unpaired) electrons. The average Bonchev–Trinajstić information content (AvgIpc) is 2.43. The van der Waals surface area contributed by atoms with Gasteiger partial charge >= 0.3 is 5.97 Å². The molecule has 0 aliphatic heterocycles. The molecule has 0 unspecified atom stereocenters. The van der Waals surface area contributed by atoms with E-state index >= 15 is 0 Å². The first kappa shape index (κ1) is 15.3. The number of hydrogen-bond acceptors (Lipinski definition) is 2. The van der Waals surface area contributed by atoms with Gasteiger partial charge in [0, 0.05) is 17.7 Å². The number of halogens is 2. The van der Waals surface area contributed by atoms with Gasteiger partial charge in [-0.2, -0.15) is 0 Å². The molecular formula is C16H12BrFO3. The van der Waals surface area contributed by atoms with E-state index in [4.69, 9.17) is 9.84 Å². The van der Waals surface area contributed by atoms with Gasteiger partial charge in [0.2, 0.25) is 0 Å². The number of hydrogen-bond donors (Lipinski definition) is 1. The summed E-state index contributed by atoms with van der Waals surface area (Å²) in [5.41, 5.74) is 1.57. The summed E-state index contributed by atoms with van der Waals surface area (Å²) in [4.78, 5) is 10.6. The fraction of sp³-hybridized carbons (Fsp3) is 0.0625. The first-order valence-electron chi connectivity index (χ1n) is 6.10. The molecule has 2 aromatic rings. The third kappa shape index (κ3) is 4.16. The van der Waals surface area contributed by atoms with Crippen LogP contribution >= 0.6 is 15.9 Å². The second-order valence-corrected chi connectivity index (χ2v) is 5.24. The molecule has 0 aliphatic rings. The van der Waals surface area contributed by atoms with E-state index in [0.29, 0.717) is 21.5 Å². The molecule has 0 atom stereocenters. The molecule has 0 heterocycles. The monoisotopic (exact) mass is 350 g/mol. The van der Waals surface area contributed by atoms with E-state index in [1.807, 2.05) is 13.0 Å². The number of carbonyl (C=O) groups is 1. The third-order valence-electron chi connectivity index (χ3n) is 2.68. The Morgan fingerprint density at radius 1 is 1.24 bits per heavy atom. The van der Waals surface area contributed by atoms with Gasteiger partial charge < -0.3 is 9.84 Å². The first-order valence-corrected chi connectivity index (χ1v) is 6.89. The van der Waals surface area contributed by atoms with Gasteiger partial charge in [-0.3, -0.25) is 0 Å². The largest absolute Gasteiger partial charge is 0.478 e. The van der Waals surface area contributed by atoms with Crippen molar-refractivity contribution in [1.29, 1.82) is 0 Å². The third-order valence-corrected chi connectivity index (χ3v) is 3.34. The lowest BCUT2D eigenvalue weighted by molar-refractivity contribution is -0.131. The van der Waals surface area contributed by atoms with Crippen LogP contribution in [-0.2, 0) is 4.79 Å². The molecule has 0 amide bonds. The second-order valence-electron chi connectivity index (χ2n) is 4.39. The van der Waals surface area contributed by atoms with Crippen LogP contribution in [0.4, 0.5) is 4.39 Å². The molecule has 0 aromatic heterocycles. The van der Waals surface area contributed by atoms with Crippen LogP contribution in [0.1, 0.15) is 11.1 Å². The molecule has 0 saturated carbocycles. The van der Waals surface area contributed by atoms with Gasteiger partial charge in [-0.15, -0.1) is 0 Å². The number of benzene rings is 2. The van der Waals surface area contributed by atoms with E-state index in [2.05, 4.69) is 15.9 Å². The van der Waals surface area contributed by atoms with Crippen LogP contribution in [0.15, 0.2) is 46.9 Å². The van der Waals surface area contributed by atoms with Crippen LogP contribution in [0.3, 0.4) is 0 Å². The van der Waals surface area contributed by atoms with Crippen molar-refractivity contribution >= 4 is 28.0 Å². The number of carboxylic acids is 1. The highest BCUT2D eigenvalue weighted by Gasteiger charge is 2.08. The van der Waals surface area contributed by atoms with Gasteiger partial charge in [-0.05, 0) is 53.2 Å². The smallest absolute Gasteiger partial charge is 0.328 e. The summed E-state index contributed by atoms with van der Waals surface area (Å²) in [5, 5.41) is 8.72. The summed E-state index contributed by atoms with van der Waals surface area (Å²) in [6, 6.07) is 9.47. The Kier molecular flexibility index (Phi) is 4.75. The van der Waals surface area contributed by atoms with E-state index in [9.17, 15) is 9.18 Å². The van der Waals surface area contributed by atoms with Crippen molar-refractivity contribution in [1.82, 2.24) is 0 Å². The highest BCUT2D eigenvalue weighted by molar-refractivity contribution is 9.10. The molecular weight excluding hydrogens is 339 g/mol. The number of ether oxygens (including phenoxy) is 1. The maximum atomic E-state index is 13.3. The fourth-order valence-corrected chi connectivity index (χ4v) is 2.05. The Balaban J connectivity index is 2.39. The number of aryl methyl sites for hydroxylation is 1. The summed E-state index contributed by atoms with van der Waals surface area (Å²) in [6.07, 6.45) is 2.47. The minimum Gasteiger partial charge on any atom is -0.478 e. The maximum Gasteiger partial charge on any atom is 0.328 e. The predicted octanol–water partition coefficient (Wildman–Crippen LogP) is 4.79. The highest BCUT2D eigenvalue weighted by Crippen LogP contribution is 2.33. The molecule has 2 rings (SSSR count). The lowest BCUT2D eigenvalue weighted by Gasteiger charge is -2.11. The molecule has 0 fully saturated rings. The van der Waals surface area contributed by atoms with Crippen molar-refractivity contribution in [2.45, 2.75) is 6.92 Å². The highest BCUT2D eigenvalue weighted by atomic mass is 79.9. The van der Waals surface area contributed by atoms with Gasteiger partial charge in [-0.1, -0.05) is 11.6 Å². The zero-order valence-corrected chi connectivity index (χ0v) is 12.7. The van der Waals surface area contributed by atoms with Crippen LogP contribution in [0.5, 0.6) is 11.5 Å². The molecule has 21 heavy (non-hydrogen) atoms. The molecule has 0 spiro atoms. The van der Waals surface area contributed by atoms with Crippen molar-refractivity contribution in [3.8, 4) is 11.5 Å². The molecule has 0 saturated heterocycles. The van der Waals surface area contributed by atoms with Crippen molar-refractivity contribution in [3.63, 3.8) is 0 Å². The van der Waals surface area contributed by atoms with Gasteiger partial charge in [-0.25, -0.2) is 9.18 Å². The van der Waals surface area contributed by atoms with Crippen LogP contribution in [0.25, 0.3) is 6.08 Å². The zero-order chi connectivity index (χ0) is 15.4. The summed E-state index contributed by atoms with van der Waals surface area (Å²) >= 11 is 3.29. The lowest BCUT2D eigenvalue weighted by atomic mass is 10.1. The van der Waals surface area contributed by atoms with Crippen LogP contribution in [0, 0.1) is 12.7 Å². The molecule has 5 heteroatoms. The summed E-state index contributed by atoms with van der Waals surface area (Å²) in [5.74, 6) is -0.689. The number of carboxylic acid groups (broad SMARTS) is 1. The number of aliphatic carboxylic acids is 1. The van der Waals surface area contributed by atoms with Gasteiger partial charge in [0.05, 0.1) is 4.47 Å². The molecule has 1 N–H and O–H groups in total. The lowest BCUT2D eigenvalue weighted by Crippen LogP contribution is -1.92. The van der Waals surface area contributed by atoms with E-state index in [1.54, 1.807) is 18.2 Å². The Morgan fingerprint density at radius 3 is 2.71 bits per heavy atom. The predicted molar refractivity (Wildman–Crippen MR) is 82.0 cm³/mol. The summed E-state index contributed by atoms with van der Waals surface area (Å²) in [6.45, 7) is 1.89. The second kappa shape index (κ2) is 6.54. The van der Waals surface area contributed by atoms with E-state index in [0.717, 1.165) is 11.6 Å². The Bertz CT molecular complexity index is 711. The quantitative estimate of drug-likeness (QED) is 0.806. The van der Waals surface area contributed by atoms with Gasteiger partial charge in [0.1, 0.15) is 17.3 Å². The SMILES string of the molecule is Cc1ccc(Oc2cc(F)ccc2Br)c(/C=C/C(=O)O)c1. The van der Waals surface area contributed by atoms with Crippen molar-refractivity contribution in [2.24, 2.45) is 0 Å². The number of rotatable bonds is 4. The molecule has 3 nitrogen and oxygen atoms in total. The normalized spacial score (nSPS) is 10.8.